The van der Waals surface area contributed by atoms with Crippen LogP contribution >= 0.6 is 0 Å². The van der Waals surface area contributed by atoms with Gasteiger partial charge < -0.3 is 14.2 Å². The molecule has 0 aliphatic carbocycles. The molecule has 1 saturated heterocycles. The first kappa shape index (κ1) is 29.2. The second-order valence-electron chi connectivity index (χ2n) is 11.9. The summed E-state index contributed by atoms with van der Waals surface area (Å²) in [5.41, 5.74) is 11.0. The van der Waals surface area contributed by atoms with Crippen molar-refractivity contribution in [2.75, 3.05) is 35.8 Å². The Kier molecular flexibility index (Phi) is 8.49. The van der Waals surface area contributed by atoms with Crippen molar-refractivity contribution in [3.63, 3.8) is 0 Å². The van der Waals surface area contributed by atoms with E-state index in [1.54, 1.807) is 0 Å². The highest BCUT2D eigenvalue weighted by molar-refractivity contribution is 7.45. The number of anilines is 2. The topological polar surface area (TPSA) is 9.72 Å². The number of hydrogen-bond acceptors (Lipinski definition) is 3. The lowest BCUT2D eigenvalue weighted by atomic mass is 9.94. The highest BCUT2D eigenvalue weighted by Crippen LogP contribution is 2.38. The lowest BCUT2D eigenvalue weighted by Crippen LogP contribution is -2.84. The Labute approximate surface area is 250 Å². The summed E-state index contributed by atoms with van der Waals surface area (Å²) in [6, 6.07) is 32.5. The molecule has 0 bridgehead atoms. The lowest BCUT2D eigenvalue weighted by molar-refractivity contribution is 0.484. The Balaban J connectivity index is 1.91. The first-order valence-electron chi connectivity index (χ1n) is 15.3. The van der Waals surface area contributed by atoms with E-state index in [2.05, 4.69) is 155 Å². The molecule has 212 valence electrons. The highest BCUT2D eigenvalue weighted by atomic mass is 28.3. The molecule has 1 heterocycles. The first-order chi connectivity index (χ1) is 19.7. The lowest BCUT2D eigenvalue weighted by Gasteiger charge is -2.49. The van der Waals surface area contributed by atoms with Crippen LogP contribution < -0.4 is 20.0 Å². The van der Waals surface area contributed by atoms with Gasteiger partial charge in [-0.3, -0.25) is 0 Å². The molecule has 1 aliphatic heterocycles. The van der Waals surface area contributed by atoms with Crippen LogP contribution in [0.1, 0.15) is 47.2 Å². The number of hydrogen-bond donors (Lipinski definition) is 0. The van der Waals surface area contributed by atoms with Crippen LogP contribution in [0.15, 0.2) is 84.9 Å². The zero-order valence-corrected chi connectivity index (χ0v) is 27.3. The van der Waals surface area contributed by atoms with Gasteiger partial charge in [0.15, 0.2) is 0 Å². The van der Waals surface area contributed by atoms with Crippen LogP contribution in [0.3, 0.4) is 0 Å². The molecule has 0 spiro atoms. The van der Waals surface area contributed by atoms with E-state index >= 15 is 0 Å². The standard InChI is InChI=1S/C36H46BN3Si/c1-9-38(10-2)41(33-17-13-11-14-18-33,34-19-15-12-16-20-34)37-39(35-29(5)23-27(3)24-30(35)6)21-22-40(37)36-31(7)25-28(4)26-32(36)8/h11-20,23-26H,9-10,21-22H2,1-8H3. The minimum absolute atomic E-state index is 0.174. The van der Waals surface area contributed by atoms with Crippen molar-refractivity contribution in [2.45, 2.75) is 55.4 Å². The molecule has 0 unspecified atom stereocenters. The third-order valence-corrected chi connectivity index (χ3v) is 14.5. The summed E-state index contributed by atoms with van der Waals surface area (Å²) in [6.07, 6.45) is 0. The minimum Gasteiger partial charge on any atom is -0.395 e. The predicted octanol–water partition coefficient (Wildman–Crippen LogP) is 6.53. The van der Waals surface area contributed by atoms with Crippen LogP contribution in [0.4, 0.5) is 11.4 Å². The van der Waals surface area contributed by atoms with Crippen molar-refractivity contribution in [3.8, 4) is 0 Å². The predicted molar refractivity (Wildman–Crippen MR) is 183 cm³/mol. The molecule has 0 aromatic heterocycles. The summed E-state index contributed by atoms with van der Waals surface area (Å²) in [6.45, 7) is 22.6. The molecule has 41 heavy (non-hydrogen) atoms. The van der Waals surface area contributed by atoms with Crippen molar-refractivity contribution in [2.24, 2.45) is 0 Å². The van der Waals surface area contributed by atoms with Crippen LogP contribution in [0.2, 0.25) is 0 Å². The molecule has 0 N–H and O–H groups in total. The number of rotatable bonds is 8. The summed E-state index contributed by atoms with van der Waals surface area (Å²) >= 11 is 0. The maximum absolute atomic E-state index is 2.84. The summed E-state index contributed by atoms with van der Waals surface area (Å²) in [5.74, 6) is 0. The number of nitrogens with zero attached hydrogens (tertiary/aromatic N) is 3. The Hall–Kier alpha value is -3.28. The largest absolute Gasteiger partial charge is 0.395 e. The second-order valence-corrected chi connectivity index (χ2v) is 15.8. The number of aryl methyl sites for hydroxylation is 6. The van der Waals surface area contributed by atoms with Gasteiger partial charge in [-0.05, 0) is 87.3 Å². The van der Waals surface area contributed by atoms with Crippen molar-refractivity contribution >= 4 is 36.4 Å². The Morgan fingerprint density at radius 1 is 0.585 bits per heavy atom. The fourth-order valence-corrected chi connectivity index (χ4v) is 13.7. The van der Waals surface area contributed by atoms with Gasteiger partial charge in [-0.1, -0.05) is 110 Å². The molecular weight excluding hydrogens is 513 g/mol. The van der Waals surface area contributed by atoms with E-state index in [1.165, 1.54) is 55.1 Å². The quantitative estimate of drug-likeness (QED) is 0.227. The summed E-state index contributed by atoms with van der Waals surface area (Å²) in [4.78, 5) is 5.60. The maximum atomic E-state index is 2.84. The van der Waals surface area contributed by atoms with Crippen molar-refractivity contribution in [1.29, 1.82) is 0 Å². The maximum Gasteiger partial charge on any atom is 0.386 e. The van der Waals surface area contributed by atoms with Crippen LogP contribution in [-0.2, 0) is 0 Å². The van der Waals surface area contributed by atoms with E-state index in [0.717, 1.165) is 26.2 Å². The highest BCUT2D eigenvalue weighted by Gasteiger charge is 2.61. The summed E-state index contributed by atoms with van der Waals surface area (Å²) in [7, 11) is -2.67. The van der Waals surface area contributed by atoms with Gasteiger partial charge in [-0.2, -0.15) is 0 Å². The molecule has 4 aromatic rings. The van der Waals surface area contributed by atoms with Gasteiger partial charge in [0.25, 0.3) is 0 Å². The molecule has 0 amide bonds. The molecule has 0 saturated carbocycles. The van der Waals surface area contributed by atoms with E-state index in [-0.39, 0.29) is 6.57 Å². The van der Waals surface area contributed by atoms with E-state index in [4.69, 9.17) is 0 Å². The molecule has 5 rings (SSSR count). The molecule has 1 fully saturated rings. The Bertz CT molecular complexity index is 1350. The van der Waals surface area contributed by atoms with Gasteiger partial charge in [-0.15, -0.1) is 0 Å². The molecule has 0 atom stereocenters. The minimum atomic E-state index is -2.67. The molecule has 3 nitrogen and oxygen atoms in total. The van der Waals surface area contributed by atoms with Crippen molar-refractivity contribution < 1.29 is 0 Å². The van der Waals surface area contributed by atoms with E-state index < -0.39 is 8.11 Å². The zero-order chi connectivity index (χ0) is 29.3. The van der Waals surface area contributed by atoms with Crippen molar-refractivity contribution in [3.05, 3.63) is 118 Å². The van der Waals surface area contributed by atoms with Gasteiger partial charge >= 0.3 is 6.57 Å². The van der Waals surface area contributed by atoms with Crippen molar-refractivity contribution in [1.82, 2.24) is 4.57 Å². The summed E-state index contributed by atoms with van der Waals surface area (Å²) in [5, 5.41) is 2.95. The van der Waals surface area contributed by atoms with E-state index in [1.807, 2.05) is 0 Å². The normalized spacial score (nSPS) is 13.9. The smallest absolute Gasteiger partial charge is 0.386 e. The van der Waals surface area contributed by atoms with E-state index in [0.29, 0.717) is 0 Å². The average Bonchev–Trinajstić information content (AvgIpc) is 3.35. The number of benzene rings is 4. The van der Waals surface area contributed by atoms with Crippen LogP contribution in [-0.4, -0.2) is 45.4 Å². The van der Waals surface area contributed by atoms with Gasteiger partial charge in [0.05, 0.1) is 0 Å². The van der Waals surface area contributed by atoms with E-state index in [9.17, 15) is 0 Å². The van der Waals surface area contributed by atoms with Crippen LogP contribution in [0.5, 0.6) is 0 Å². The van der Waals surface area contributed by atoms with Crippen LogP contribution in [0.25, 0.3) is 0 Å². The first-order valence-corrected chi connectivity index (χ1v) is 17.3. The van der Waals surface area contributed by atoms with Gasteiger partial charge in [0.1, 0.15) is 0 Å². The van der Waals surface area contributed by atoms with Crippen LogP contribution in [0, 0.1) is 41.5 Å². The molecule has 1 aliphatic rings. The zero-order valence-electron chi connectivity index (χ0n) is 26.3. The fourth-order valence-electron chi connectivity index (χ4n) is 7.90. The fraction of sp³-hybridized carbons (Fsp3) is 0.333. The molecular formula is C36H46BN3Si. The average molecular weight is 560 g/mol. The summed E-state index contributed by atoms with van der Waals surface area (Å²) < 4.78 is 2.84. The molecule has 0 radical (unpaired) electrons. The van der Waals surface area contributed by atoms with Gasteiger partial charge in [0, 0.05) is 24.5 Å². The second kappa shape index (κ2) is 11.9. The molecule has 5 heteroatoms. The van der Waals surface area contributed by atoms with Gasteiger partial charge in [0.2, 0.25) is 8.11 Å². The molecule has 4 aromatic carbocycles. The Morgan fingerprint density at radius 2 is 0.927 bits per heavy atom. The monoisotopic (exact) mass is 559 g/mol. The van der Waals surface area contributed by atoms with Gasteiger partial charge in [-0.25, -0.2) is 0 Å². The third-order valence-electron chi connectivity index (χ3n) is 9.08. The SMILES string of the molecule is CCN(CC)[Si](B1N(c2c(C)cc(C)cc2C)CCN1c1c(C)cc(C)cc1C)(c1ccccc1)c1ccccc1. The third kappa shape index (κ3) is 5.04. The Morgan fingerprint density at radius 3 is 1.24 bits per heavy atom.